The number of guanidine groups is 1. The lowest BCUT2D eigenvalue weighted by molar-refractivity contribution is 0.152. The molecule has 3 N–H and O–H groups in total. The fraction of sp³-hybridized carbons (Fsp3) is 0.857. The van der Waals surface area contributed by atoms with Crippen molar-refractivity contribution >= 4 is 5.96 Å². The van der Waals surface area contributed by atoms with Gasteiger partial charge in [0.25, 0.3) is 6.43 Å². The van der Waals surface area contributed by atoms with Crippen molar-refractivity contribution in [1.29, 1.82) is 0 Å². The number of nitrogens with zero attached hydrogens (tertiary/aromatic N) is 1. The molecule has 0 saturated carbocycles. The highest BCUT2D eigenvalue weighted by Crippen LogP contribution is 1.91. The number of nitrogens with one attached hydrogen (secondary N) is 1. The second-order valence-electron chi connectivity index (χ2n) is 2.89. The number of hydrogen-bond donors (Lipinski definition) is 2. The first-order valence-corrected chi connectivity index (χ1v) is 3.84. The lowest BCUT2D eigenvalue weighted by Crippen LogP contribution is -2.35. The summed E-state index contributed by atoms with van der Waals surface area (Å²) >= 11 is 0. The van der Waals surface area contributed by atoms with Gasteiger partial charge in [0.05, 0.1) is 6.54 Å². The lowest BCUT2D eigenvalue weighted by Gasteiger charge is -2.05. The molecule has 0 unspecified atom stereocenters. The second-order valence-corrected chi connectivity index (χ2v) is 2.89. The highest BCUT2D eigenvalue weighted by atomic mass is 19.3. The Labute approximate surface area is 71.0 Å². The van der Waals surface area contributed by atoms with Gasteiger partial charge >= 0.3 is 0 Å². The third kappa shape index (κ3) is 7.24. The van der Waals surface area contributed by atoms with Gasteiger partial charge in [0.15, 0.2) is 5.96 Å². The molecule has 0 saturated heterocycles. The monoisotopic (exact) mass is 179 g/mol. The molecule has 0 atom stereocenters. The van der Waals surface area contributed by atoms with Crippen LogP contribution in [0.3, 0.4) is 0 Å². The summed E-state index contributed by atoms with van der Waals surface area (Å²) in [5, 5.41) is 2.32. The maximum Gasteiger partial charge on any atom is 0.255 e. The van der Waals surface area contributed by atoms with E-state index in [4.69, 9.17) is 5.73 Å². The van der Waals surface area contributed by atoms with Gasteiger partial charge in [-0.2, -0.15) is 0 Å². The van der Waals surface area contributed by atoms with E-state index in [-0.39, 0.29) is 5.96 Å². The zero-order chi connectivity index (χ0) is 9.56. The first kappa shape index (κ1) is 11.1. The minimum Gasteiger partial charge on any atom is -0.370 e. The van der Waals surface area contributed by atoms with Gasteiger partial charge < -0.3 is 11.1 Å². The van der Waals surface area contributed by atoms with Crippen LogP contribution in [0.1, 0.15) is 13.8 Å². The number of alkyl halides is 2. The van der Waals surface area contributed by atoms with Crippen LogP contribution in [0.4, 0.5) is 8.78 Å². The van der Waals surface area contributed by atoms with E-state index in [0.29, 0.717) is 12.5 Å². The molecular weight excluding hydrogens is 164 g/mol. The summed E-state index contributed by atoms with van der Waals surface area (Å²) < 4.78 is 23.2. The fourth-order valence-electron chi connectivity index (χ4n) is 0.519. The SMILES string of the molecule is CC(C)CN=C(N)NCC(F)F. The van der Waals surface area contributed by atoms with E-state index in [1.165, 1.54) is 0 Å². The van der Waals surface area contributed by atoms with Crippen molar-refractivity contribution in [2.75, 3.05) is 13.1 Å². The predicted octanol–water partition coefficient (Wildman–Crippen LogP) is 0.812. The molecule has 0 bridgehead atoms. The van der Waals surface area contributed by atoms with Crippen LogP contribution in [-0.2, 0) is 0 Å². The molecule has 0 aromatic carbocycles. The normalized spacial score (nSPS) is 12.7. The van der Waals surface area contributed by atoms with E-state index in [1.807, 2.05) is 13.8 Å². The summed E-state index contributed by atoms with van der Waals surface area (Å²) in [7, 11) is 0. The van der Waals surface area contributed by atoms with E-state index >= 15 is 0 Å². The summed E-state index contributed by atoms with van der Waals surface area (Å²) in [6.45, 7) is 4.07. The minimum absolute atomic E-state index is 0.0870. The van der Waals surface area contributed by atoms with Crippen molar-refractivity contribution in [3.8, 4) is 0 Å². The topological polar surface area (TPSA) is 50.4 Å². The van der Waals surface area contributed by atoms with E-state index in [9.17, 15) is 8.78 Å². The molecule has 12 heavy (non-hydrogen) atoms. The Morgan fingerprint density at radius 1 is 1.50 bits per heavy atom. The molecule has 0 aromatic heterocycles. The third-order valence-electron chi connectivity index (χ3n) is 1.06. The summed E-state index contributed by atoms with van der Waals surface area (Å²) in [5.41, 5.74) is 5.28. The van der Waals surface area contributed by atoms with Crippen LogP contribution >= 0.6 is 0 Å². The number of nitrogens with two attached hydrogens (primary N) is 1. The second kappa shape index (κ2) is 5.74. The number of hydrogen-bond acceptors (Lipinski definition) is 1. The smallest absolute Gasteiger partial charge is 0.255 e. The van der Waals surface area contributed by atoms with Gasteiger partial charge in [-0.05, 0) is 5.92 Å². The molecule has 0 aromatic rings. The quantitative estimate of drug-likeness (QED) is 0.495. The Bertz CT molecular complexity index is 146. The first-order chi connectivity index (χ1) is 5.52. The Hall–Kier alpha value is -0.870. The van der Waals surface area contributed by atoms with Gasteiger partial charge in [0, 0.05) is 6.54 Å². The van der Waals surface area contributed by atoms with Crippen molar-refractivity contribution in [2.45, 2.75) is 20.3 Å². The first-order valence-electron chi connectivity index (χ1n) is 3.84. The Morgan fingerprint density at radius 3 is 2.50 bits per heavy atom. The average Bonchev–Trinajstić information content (AvgIpc) is 1.96. The molecule has 0 spiro atoms. The maximum absolute atomic E-state index is 11.6. The molecule has 0 heterocycles. The highest BCUT2D eigenvalue weighted by molar-refractivity contribution is 5.77. The van der Waals surface area contributed by atoms with Crippen molar-refractivity contribution in [3.63, 3.8) is 0 Å². The molecule has 0 aliphatic rings. The lowest BCUT2D eigenvalue weighted by atomic mass is 10.2. The minimum atomic E-state index is -2.39. The Kier molecular flexibility index (Phi) is 5.32. The molecule has 0 aliphatic carbocycles. The van der Waals surface area contributed by atoms with E-state index in [0.717, 1.165) is 0 Å². The van der Waals surface area contributed by atoms with Crippen LogP contribution in [0.2, 0.25) is 0 Å². The van der Waals surface area contributed by atoms with Crippen molar-refractivity contribution in [2.24, 2.45) is 16.6 Å². The molecule has 5 heteroatoms. The molecule has 0 aliphatic heterocycles. The van der Waals surface area contributed by atoms with Gasteiger partial charge in [0.2, 0.25) is 0 Å². The highest BCUT2D eigenvalue weighted by Gasteiger charge is 2.01. The standard InChI is InChI=1S/C7H15F2N3/c1-5(2)3-11-7(10)12-4-6(8)9/h5-6H,3-4H2,1-2H3,(H3,10,11,12). The number of halogens is 2. The fourth-order valence-corrected chi connectivity index (χ4v) is 0.519. The summed E-state index contributed by atoms with van der Waals surface area (Å²) in [6.07, 6.45) is -2.39. The van der Waals surface area contributed by atoms with E-state index in [2.05, 4.69) is 10.3 Å². The van der Waals surface area contributed by atoms with Crippen LogP contribution in [-0.4, -0.2) is 25.5 Å². The van der Waals surface area contributed by atoms with E-state index < -0.39 is 13.0 Å². The molecular formula is C7H15F2N3. The zero-order valence-electron chi connectivity index (χ0n) is 7.35. The average molecular weight is 179 g/mol. The van der Waals surface area contributed by atoms with Crippen LogP contribution in [0.15, 0.2) is 4.99 Å². The van der Waals surface area contributed by atoms with Crippen LogP contribution < -0.4 is 11.1 Å². The number of rotatable bonds is 4. The van der Waals surface area contributed by atoms with Gasteiger partial charge in [0.1, 0.15) is 0 Å². The Morgan fingerprint density at radius 2 is 2.08 bits per heavy atom. The summed E-state index contributed by atoms with van der Waals surface area (Å²) in [4.78, 5) is 3.85. The van der Waals surface area contributed by atoms with Crippen molar-refractivity contribution in [1.82, 2.24) is 5.32 Å². The maximum atomic E-state index is 11.6. The molecule has 0 amide bonds. The van der Waals surface area contributed by atoms with Crippen molar-refractivity contribution in [3.05, 3.63) is 0 Å². The van der Waals surface area contributed by atoms with Crippen LogP contribution in [0.5, 0.6) is 0 Å². The molecule has 0 rings (SSSR count). The van der Waals surface area contributed by atoms with Crippen LogP contribution in [0, 0.1) is 5.92 Å². The van der Waals surface area contributed by atoms with Crippen molar-refractivity contribution < 1.29 is 8.78 Å². The van der Waals surface area contributed by atoms with Gasteiger partial charge in [-0.25, -0.2) is 8.78 Å². The largest absolute Gasteiger partial charge is 0.370 e. The third-order valence-corrected chi connectivity index (χ3v) is 1.06. The Balaban J connectivity index is 3.56. The molecule has 72 valence electrons. The summed E-state index contributed by atoms with van der Waals surface area (Å²) in [6, 6.07) is 0. The summed E-state index contributed by atoms with van der Waals surface area (Å²) in [5.74, 6) is 0.473. The predicted molar refractivity (Wildman–Crippen MR) is 45.3 cm³/mol. The van der Waals surface area contributed by atoms with E-state index in [1.54, 1.807) is 0 Å². The molecule has 0 fully saturated rings. The van der Waals surface area contributed by atoms with Gasteiger partial charge in [-0.15, -0.1) is 0 Å². The van der Waals surface area contributed by atoms with Gasteiger partial charge in [-0.3, -0.25) is 4.99 Å². The zero-order valence-corrected chi connectivity index (χ0v) is 7.35. The molecule has 3 nitrogen and oxygen atoms in total. The van der Waals surface area contributed by atoms with Gasteiger partial charge in [-0.1, -0.05) is 13.8 Å². The van der Waals surface area contributed by atoms with Crippen LogP contribution in [0.25, 0.3) is 0 Å². The molecule has 0 radical (unpaired) electrons. The number of aliphatic imine (C=N–C) groups is 1.